The molecule has 0 bridgehead atoms. The van der Waals surface area contributed by atoms with Gasteiger partial charge in [0, 0.05) is 19.8 Å². The molecule has 146 valence electrons. The van der Waals surface area contributed by atoms with Gasteiger partial charge in [0.2, 0.25) is 10.3 Å². The number of thioether (sulfide) groups is 1. The van der Waals surface area contributed by atoms with Crippen LogP contribution in [0.3, 0.4) is 0 Å². The highest BCUT2D eigenvalue weighted by Gasteiger charge is 2.69. The molecule has 6 nitrogen and oxygen atoms in total. The molecule has 2 aliphatic carbocycles. The fourth-order valence-electron chi connectivity index (χ4n) is 5.13. The van der Waals surface area contributed by atoms with Crippen molar-refractivity contribution in [2.24, 2.45) is 0 Å². The second-order valence-electron chi connectivity index (χ2n) is 8.08. The summed E-state index contributed by atoms with van der Waals surface area (Å²) in [5.41, 5.74) is -0.708. The van der Waals surface area contributed by atoms with Crippen molar-refractivity contribution >= 4 is 34.3 Å². The molecule has 0 aromatic heterocycles. The maximum atomic E-state index is 12.4. The lowest BCUT2D eigenvalue weighted by molar-refractivity contribution is -0.214. The van der Waals surface area contributed by atoms with Crippen molar-refractivity contribution in [3.8, 4) is 0 Å². The van der Waals surface area contributed by atoms with E-state index in [0.29, 0.717) is 4.38 Å². The number of hydrogen-bond acceptors (Lipinski definition) is 7. The third-order valence-electron chi connectivity index (χ3n) is 6.00. The Hall–Kier alpha value is -0.410. The van der Waals surface area contributed by atoms with Crippen LogP contribution in [0.2, 0.25) is 0 Å². The fourth-order valence-corrected chi connectivity index (χ4v) is 5.45. The summed E-state index contributed by atoms with van der Waals surface area (Å²) in [4.78, 5) is 14.2. The smallest absolute Gasteiger partial charge is 0.222 e. The van der Waals surface area contributed by atoms with Gasteiger partial charge in [-0.2, -0.15) is 0 Å². The van der Waals surface area contributed by atoms with Crippen LogP contribution in [0.25, 0.3) is 0 Å². The Morgan fingerprint density at radius 1 is 1.12 bits per heavy atom. The van der Waals surface area contributed by atoms with Crippen molar-refractivity contribution in [2.75, 3.05) is 6.26 Å². The van der Waals surface area contributed by atoms with Gasteiger partial charge in [-0.1, -0.05) is 18.2 Å². The van der Waals surface area contributed by atoms with Gasteiger partial charge in [0.15, 0.2) is 11.9 Å². The summed E-state index contributed by atoms with van der Waals surface area (Å²) in [5.74, 6) is -0.573. The van der Waals surface area contributed by atoms with Gasteiger partial charge < -0.3 is 23.8 Å². The van der Waals surface area contributed by atoms with E-state index in [9.17, 15) is 4.79 Å². The number of thiocarbonyl (C=S) groups is 1. The van der Waals surface area contributed by atoms with Crippen molar-refractivity contribution in [1.82, 2.24) is 4.90 Å². The molecule has 2 saturated carbocycles. The summed E-state index contributed by atoms with van der Waals surface area (Å²) < 4.78 is 25.8. The van der Waals surface area contributed by atoms with E-state index in [4.69, 9.17) is 31.2 Å². The zero-order chi connectivity index (χ0) is 18.7. The summed E-state index contributed by atoms with van der Waals surface area (Å²) in [6.45, 7) is 5.39. The maximum absolute atomic E-state index is 12.4. The van der Waals surface area contributed by atoms with Gasteiger partial charge >= 0.3 is 0 Å². The second kappa shape index (κ2) is 6.58. The minimum atomic E-state index is -0.708. The monoisotopic (exact) mass is 401 g/mol. The Morgan fingerprint density at radius 2 is 1.77 bits per heavy atom. The van der Waals surface area contributed by atoms with Crippen LogP contribution in [0.15, 0.2) is 0 Å². The first kappa shape index (κ1) is 18.9. The normalized spacial score (nSPS) is 39.7. The summed E-state index contributed by atoms with van der Waals surface area (Å²) in [7, 11) is 0. The van der Waals surface area contributed by atoms with Crippen LogP contribution in [-0.2, 0) is 23.7 Å². The third kappa shape index (κ3) is 2.89. The average Bonchev–Trinajstić information content (AvgIpc) is 3.14. The molecule has 0 unspecified atom stereocenters. The Kier molecular flexibility index (Phi) is 4.79. The zero-order valence-corrected chi connectivity index (χ0v) is 17.4. The molecule has 4 rings (SSSR count). The van der Waals surface area contributed by atoms with Crippen LogP contribution in [0, 0.1) is 0 Å². The van der Waals surface area contributed by atoms with Gasteiger partial charge in [-0.3, -0.25) is 4.79 Å². The zero-order valence-electron chi connectivity index (χ0n) is 15.7. The molecule has 0 radical (unpaired) electrons. The SMILES string of the molecule is CSC(=S)O[C@@H]1[C@H]2OC3(CCCCC3)O[C@H]2[C@@H]2OC(C)(C)N(C(C)=O)[C@H]12. The lowest BCUT2D eigenvalue weighted by Crippen LogP contribution is -2.53. The van der Waals surface area contributed by atoms with Crippen LogP contribution in [-0.4, -0.2) is 63.4 Å². The van der Waals surface area contributed by atoms with Gasteiger partial charge in [-0.05, 0) is 45.2 Å². The lowest BCUT2D eigenvalue weighted by atomic mass is 9.94. The highest BCUT2D eigenvalue weighted by Crippen LogP contribution is 2.52. The molecular formula is C18H27NO5S2. The molecule has 26 heavy (non-hydrogen) atoms. The van der Waals surface area contributed by atoms with Gasteiger partial charge in [-0.15, -0.1) is 0 Å². The summed E-state index contributed by atoms with van der Waals surface area (Å²) in [6.07, 6.45) is 5.96. The number of carbonyl (C=O) groups excluding carboxylic acids is 1. The number of ether oxygens (including phenoxy) is 4. The van der Waals surface area contributed by atoms with E-state index in [1.807, 2.05) is 20.1 Å². The van der Waals surface area contributed by atoms with Crippen LogP contribution in [0.1, 0.15) is 52.9 Å². The molecule has 4 aliphatic rings. The average molecular weight is 402 g/mol. The van der Waals surface area contributed by atoms with E-state index in [1.54, 1.807) is 11.8 Å². The Bertz CT molecular complexity index is 606. The number of hydrogen-bond donors (Lipinski definition) is 0. The molecule has 2 saturated heterocycles. The molecule has 0 N–H and O–H groups in total. The van der Waals surface area contributed by atoms with Gasteiger partial charge in [0.1, 0.15) is 30.1 Å². The van der Waals surface area contributed by atoms with E-state index in [1.165, 1.54) is 18.2 Å². The first-order valence-corrected chi connectivity index (χ1v) is 11.0. The number of nitrogens with zero attached hydrogens (tertiary/aromatic N) is 1. The van der Waals surface area contributed by atoms with Crippen LogP contribution in [0.4, 0.5) is 0 Å². The highest BCUT2D eigenvalue weighted by molar-refractivity contribution is 8.22. The Labute approximate surface area is 164 Å². The molecule has 2 aliphatic heterocycles. The van der Waals surface area contributed by atoms with Crippen molar-refractivity contribution in [1.29, 1.82) is 0 Å². The molecule has 4 fully saturated rings. The predicted molar refractivity (Wildman–Crippen MR) is 102 cm³/mol. The van der Waals surface area contributed by atoms with Gasteiger partial charge in [0.25, 0.3) is 0 Å². The van der Waals surface area contributed by atoms with Crippen LogP contribution < -0.4 is 0 Å². The molecular weight excluding hydrogens is 374 g/mol. The van der Waals surface area contributed by atoms with Crippen molar-refractivity contribution in [2.45, 2.75) is 94.8 Å². The summed E-state index contributed by atoms with van der Waals surface area (Å²) >= 11 is 6.71. The molecule has 1 spiro atoms. The minimum absolute atomic E-state index is 0.0430. The second-order valence-corrected chi connectivity index (χ2v) is 9.49. The van der Waals surface area contributed by atoms with Crippen molar-refractivity contribution in [3.05, 3.63) is 0 Å². The van der Waals surface area contributed by atoms with E-state index in [-0.39, 0.29) is 36.4 Å². The summed E-state index contributed by atoms with van der Waals surface area (Å²) in [6, 6.07) is -0.261. The van der Waals surface area contributed by atoms with E-state index < -0.39 is 11.5 Å². The molecule has 1 amide bonds. The van der Waals surface area contributed by atoms with E-state index >= 15 is 0 Å². The largest absolute Gasteiger partial charge is 0.470 e. The Morgan fingerprint density at radius 3 is 2.38 bits per heavy atom. The number of fused-ring (bicyclic) bond motifs is 3. The van der Waals surface area contributed by atoms with Crippen LogP contribution in [0.5, 0.6) is 0 Å². The first-order chi connectivity index (χ1) is 12.3. The number of carbonyl (C=O) groups is 1. The fraction of sp³-hybridized carbons (Fsp3) is 0.889. The molecule has 2 heterocycles. The van der Waals surface area contributed by atoms with Gasteiger partial charge in [-0.25, -0.2) is 0 Å². The molecule has 0 aromatic rings. The number of amides is 1. The molecule has 0 aromatic carbocycles. The minimum Gasteiger partial charge on any atom is -0.470 e. The predicted octanol–water partition coefficient (Wildman–Crippen LogP) is 2.83. The standard InChI is InChI=1S/C18H27NO5S2/c1-10(20)19-11-12(21-16(25)26-4)14-15(13(11)22-17(19,2)3)24-18(23-14)8-6-5-7-9-18/h11-15H,5-9H2,1-4H3/t11-,12+,13-,14-,15+/m1/s1. The van der Waals surface area contributed by atoms with Crippen molar-refractivity contribution in [3.63, 3.8) is 0 Å². The molecule has 8 heteroatoms. The first-order valence-electron chi connectivity index (χ1n) is 9.36. The number of rotatable bonds is 1. The highest BCUT2D eigenvalue weighted by atomic mass is 32.2. The van der Waals surface area contributed by atoms with Gasteiger partial charge in [0.05, 0.1) is 0 Å². The topological polar surface area (TPSA) is 57.2 Å². The lowest BCUT2D eigenvalue weighted by Gasteiger charge is -2.37. The van der Waals surface area contributed by atoms with Crippen molar-refractivity contribution < 1.29 is 23.7 Å². The third-order valence-corrected chi connectivity index (χ3v) is 7.03. The van der Waals surface area contributed by atoms with Crippen LogP contribution >= 0.6 is 24.0 Å². The maximum Gasteiger partial charge on any atom is 0.222 e. The Balaban J connectivity index is 1.66. The quantitative estimate of drug-likeness (QED) is 0.626. The van der Waals surface area contributed by atoms with E-state index in [2.05, 4.69) is 0 Å². The van der Waals surface area contributed by atoms with E-state index in [0.717, 1.165) is 25.7 Å². The molecule has 5 atom stereocenters. The summed E-state index contributed by atoms with van der Waals surface area (Å²) in [5, 5.41) is 0.